The smallest absolute Gasteiger partial charge is 0.237 e. The maximum atomic E-state index is 12.1. The Hall–Kier alpha value is -2.20. The van der Waals surface area contributed by atoms with Crippen LogP contribution in [0.25, 0.3) is 0 Å². The van der Waals surface area contributed by atoms with E-state index in [-0.39, 0.29) is 11.9 Å². The van der Waals surface area contributed by atoms with Crippen molar-refractivity contribution in [1.29, 1.82) is 0 Å². The average molecular weight is 283 g/mol. The first-order valence-corrected chi connectivity index (χ1v) is 7.16. The highest BCUT2D eigenvalue weighted by Gasteiger charge is 2.16. The second-order valence-corrected chi connectivity index (χ2v) is 5.14. The van der Waals surface area contributed by atoms with Crippen LogP contribution in [-0.2, 0) is 11.2 Å². The second-order valence-electron chi connectivity index (χ2n) is 5.14. The maximum Gasteiger partial charge on any atom is 0.237 e. The van der Waals surface area contributed by atoms with Gasteiger partial charge in [-0.1, -0.05) is 30.3 Å². The van der Waals surface area contributed by atoms with Crippen molar-refractivity contribution in [2.75, 3.05) is 0 Å². The van der Waals surface area contributed by atoms with Crippen molar-refractivity contribution in [3.8, 4) is 0 Å². The molecule has 4 heteroatoms. The maximum absolute atomic E-state index is 12.1. The molecule has 1 amide bonds. The molecule has 1 heterocycles. The molecule has 2 atom stereocenters. The van der Waals surface area contributed by atoms with Crippen LogP contribution in [0.3, 0.4) is 0 Å². The van der Waals surface area contributed by atoms with Crippen LogP contribution in [-0.4, -0.2) is 16.9 Å². The van der Waals surface area contributed by atoms with Crippen LogP contribution in [0.5, 0.6) is 0 Å². The number of hydrogen-bond donors (Lipinski definition) is 2. The first kappa shape index (κ1) is 15.2. The van der Waals surface area contributed by atoms with Crippen molar-refractivity contribution < 1.29 is 4.79 Å². The topological polar surface area (TPSA) is 68.0 Å². The van der Waals surface area contributed by atoms with Crippen molar-refractivity contribution in [1.82, 2.24) is 10.3 Å². The fourth-order valence-corrected chi connectivity index (χ4v) is 2.15. The zero-order valence-corrected chi connectivity index (χ0v) is 12.2. The Morgan fingerprint density at radius 3 is 2.52 bits per heavy atom. The molecule has 21 heavy (non-hydrogen) atoms. The lowest BCUT2D eigenvalue weighted by atomic mass is 10.0. The molecule has 0 bridgehead atoms. The molecular formula is C17H21N3O. The van der Waals surface area contributed by atoms with Crippen molar-refractivity contribution >= 4 is 5.91 Å². The van der Waals surface area contributed by atoms with E-state index < -0.39 is 6.04 Å². The Balaban J connectivity index is 1.82. The van der Waals surface area contributed by atoms with E-state index in [1.54, 1.807) is 12.4 Å². The number of nitrogens with two attached hydrogens (primary N) is 1. The molecule has 0 fully saturated rings. The molecule has 0 aliphatic heterocycles. The van der Waals surface area contributed by atoms with Gasteiger partial charge in [-0.3, -0.25) is 9.78 Å². The number of carbonyl (C=O) groups excluding carboxylic acids is 1. The van der Waals surface area contributed by atoms with Crippen LogP contribution in [0.2, 0.25) is 0 Å². The zero-order valence-electron chi connectivity index (χ0n) is 12.2. The third-order valence-electron chi connectivity index (χ3n) is 3.49. The van der Waals surface area contributed by atoms with E-state index >= 15 is 0 Å². The minimum Gasteiger partial charge on any atom is -0.348 e. The molecule has 0 saturated carbocycles. The van der Waals surface area contributed by atoms with Crippen LogP contribution >= 0.6 is 0 Å². The van der Waals surface area contributed by atoms with E-state index in [1.165, 1.54) is 5.56 Å². The summed E-state index contributed by atoms with van der Waals surface area (Å²) >= 11 is 0. The number of benzene rings is 1. The second kappa shape index (κ2) is 7.55. The van der Waals surface area contributed by atoms with E-state index in [0.717, 1.165) is 12.0 Å². The molecule has 110 valence electrons. The van der Waals surface area contributed by atoms with Gasteiger partial charge in [0.05, 0.1) is 12.1 Å². The Morgan fingerprint density at radius 1 is 1.19 bits per heavy atom. The predicted octanol–water partition coefficient (Wildman–Crippen LogP) is 2.22. The van der Waals surface area contributed by atoms with E-state index in [4.69, 9.17) is 5.73 Å². The normalized spacial score (nSPS) is 13.4. The molecule has 0 saturated heterocycles. The molecule has 0 aliphatic rings. The van der Waals surface area contributed by atoms with Gasteiger partial charge in [0.2, 0.25) is 5.91 Å². The Morgan fingerprint density at radius 2 is 1.86 bits per heavy atom. The van der Waals surface area contributed by atoms with Crippen molar-refractivity contribution in [3.05, 3.63) is 66.0 Å². The highest BCUT2D eigenvalue weighted by atomic mass is 16.2. The SMILES string of the molecule is C[C@H](NC(=O)[C@@H](N)CCc1ccccc1)c1ccncc1. The quantitative estimate of drug-likeness (QED) is 0.854. The highest BCUT2D eigenvalue weighted by molar-refractivity contribution is 5.81. The molecule has 1 aromatic carbocycles. The Bertz CT molecular complexity index is 557. The number of rotatable bonds is 6. The number of nitrogens with zero attached hydrogens (tertiary/aromatic N) is 1. The zero-order chi connectivity index (χ0) is 15.1. The molecule has 0 unspecified atom stereocenters. The largest absolute Gasteiger partial charge is 0.348 e. The van der Waals surface area contributed by atoms with Gasteiger partial charge in [0.25, 0.3) is 0 Å². The molecular weight excluding hydrogens is 262 g/mol. The van der Waals surface area contributed by atoms with E-state index in [1.807, 2.05) is 49.4 Å². The number of aromatic nitrogens is 1. The summed E-state index contributed by atoms with van der Waals surface area (Å²) in [5.41, 5.74) is 8.19. The van der Waals surface area contributed by atoms with Gasteiger partial charge < -0.3 is 11.1 Å². The van der Waals surface area contributed by atoms with Crippen LogP contribution in [0, 0.1) is 0 Å². The molecule has 1 aromatic heterocycles. The summed E-state index contributed by atoms with van der Waals surface area (Å²) in [6.07, 6.45) is 4.87. The lowest BCUT2D eigenvalue weighted by molar-refractivity contribution is -0.123. The Labute approximate surface area is 125 Å². The summed E-state index contributed by atoms with van der Waals surface area (Å²) in [4.78, 5) is 16.1. The fourth-order valence-electron chi connectivity index (χ4n) is 2.15. The van der Waals surface area contributed by atoms with Gasteiger partial charge in [-0.15, -0.1) is 0 Å². The van der Waals surface area contributed by atoms with Gasteiger partial charge >= 0.3 is 0 Å². The summed E-state index contributed by atoms with van der Waals surface area (Å²) < 4.78 is 0. The number of nitrogens with one attached hydrogen (secondary N) is 1. The van der Waals surface area contributed by atoms with Crippen molar-refractivity contribution in [2.45, 2.75) is 31.8 Å². The van der Waals surface area contributed by atoms with E-state index in [2.05, 4.69) is 10.3 Å². The van der Waals surface area contributed by atoms with Crippen LogP contribution in [0.15, 0.2) is 54.9 Å². The fraction of sp³-hybridized carbons (Fsp3) is 0.294. The van der Waals surface area contributed by atoms with E-state index in [9.17, 15) is 4.79 Å². The number of aryl methyl sites for hydroxylation is 1. The first-order chi connectivity index (χ1) is 10.2. The van der Waals surface area contributed by atoms with Gasteiger partial charge in [-0.05, 0) is 43.0 Å². The Kier molecular flexibility index (Phi) is 5.46. The van der Waals surface area contributed by atoms with Gasteiger partial charge in [0.1, 0.15) is 0 Å². The molecule has 2 rings (SSSR count). The summed E-state index contributed by atoms with van der Waals surface area (Å²) in [6.45, 7) is 1.94. The van der Waals surface area contributed by atoms with Crippen LogP contribution in [0.1, 0.15) is 30.5 Å². The minimum absolute atomic E-state index is 0.0664. The molecule has 4 nitrogen and oxygen atoms in total. The first-order valence-electron chi connectivity index (χ1n) is 7.16. The molecule has 2 aromatic rings. The summed E-state index contributed by atoms with van der Waals surface area (Å²) in [5.74, 6) is -0.116. The van der Waals surface area contributed by atoms with Gasteiger partial charge in [0.15, 0.2) is 0 Å². The summed E-state index contributed by atoms with van der Waals surface area (Å²) in [5, 5.41) is 2.94. The predicted molar refractivity (Wildman–Crippen MR) is 83.5 cm³/mol. The highest BCUT2D eigenvalue weighted by Crippen LogP contribution is 2.11. The average Bonchev–Trinajstić information content (AvgIpc) is 2.54. The lowest BCUT2D eigenvalue weighted by Gasteiger charge is -2.17. The molecule has 0 spiro atoms. The van der Waals surface area contributed by atoms with Gasteiger partial charge in [-0.25, -0.2) is 0 Å². The third-order valence-corrected chi connectivity index (χ3v) is 3.49. The summed E-state index contributed by atoms with van der Waals surface area (Å²) in [7, 11) is 0. The van der Waals surface area contributed by atoms with Gasteiger partial charge in [0, 0.05) is 12.4 Å². The van der Waals surface area contributed by atoms with Gasteiger partial charge in [-0.2, -0.15) is 0 Å². The molecule has 0 radical (unpaired) electrons. The number of pyridine rings is 1. The number of carbonyl (C=O) groups is 1. The van der Waals surface area contributed by atoms with E-state index in [0.29, 0.717) is 6.42 Å². The lowest BCUT2D eigenvalue weighted by Crippen LogP contribution is -2.41. The number of hydrogen-bond acceptors (Lipinski definition) is 3. The minimum atomic E-state index is -0.491. The molecule has 0 aliphatic carbocycles. The van der Waals surface area contributed by atoms with Crippen molar-refractivity contribution in [2.24, 2.45) is 5.73 Å². The third kappa shape index (κ3) is 4.68. The standard InChI is InChI=1S/C17H21N3O/c1-13(15-9-11-19-12-10-15)20-17(21)16(18)8-7-14-5-3-2-4-6-14/h2-6,9-13,16H,7-8,18H2,1H3,(H,20,21)/t13-,16-/m0/s1. The monoisotopic (exact) mass is 283 g/mol. The van der Waals surface area contributed by atoms with Crippen LogP contribution in [0.4, 0.5) is 0 Å². The number of amides is 1. The summed E-state index contributed by atoms with van der Waals surface area (Å²) in [6, 6.07) is 13.3. The van der Waals surface area contributed by atoms with Crippen LogP contribution < -0.4 is 11.1 Å². The van der Waals surface area contributed by atoms with Crippen molar-refractivity contribution in [3.63, 3.8) is 0 Å². The molecule has 3 N–H and O–H groups in total.